The smallest absolute Gasteiger partial charge is 0.252 e. The molecule has 23 heavy (non-hydrogen) atoms. The number of nitrogens with one attached hydrogen (secondary N) is 1. The number of rotatable bonds is 6. The topological polar surface area (TPSA) is 112 Å². The molecule has 0 unspecified atom stereocenters. The Bertz CT molecular complexity index is 753. The average molecular weight is 331 g/mol. The van der Waals surface area contributed by atoms with Crippen LogP contribution in [0.2, 0.25) is 0 Å². The summed E-state index contributed by atoms with van der Waals surface area (Å²) >= 11 is 1.23. The highest BCUT2D eigenvalue weighted by Crippen LogP contribution is 2.39. The van der Waals surface area contributed by atoms with E-state index >= 15 is 0 Å². The predicted octanol–water partition coefficient (Wildman–Crippen LogP) is 1.29. The van der Waals surface area contributed by atoms with E-state index in [1.165, 1.54) is 11.3 Å². The lowest BCUT2D eigenvalue weighted by Crippen LogP contribution is -2.24. The van der Waals surface area contributed by atoms with E-state index in [1.54, 1.807) is 0 Å². The van der Waals surface area contributed by atoms with Gasteiger partial charge in [-0.15, -0.1) is 11.3 Å². The molecule has 7 heteroatoms. The average Bonchev–Trinajstić information content (AvgIpc) is 2.82. The molecule has 0 radical (unpaired) electrons. The Balaban J connectivity index is 2.36. The third-order valence-electron chi connectivity index (χ3n) is 3.20. The van der Waals surface area contributed by atoms with Gasteiger partial charge < -0.3 is 21.0 Å². The molecule has 0 fully saturated rings. The van der Waals surface area contributed by atoms with Gasteiger partial charge in [0, 0.05) is 22.8 Å². The van der Waals surface area contributed by atoms with E-state index in [4.69, 9.17) is 5.73 Å². The summed E-state index contributed by atoms with van der Waals surface area (Å²) in [6, 6.07) is 9.24. The number of carbonyl (C=O) groups excluding carboxylic acids is 3. The van der Waals surface area contributed by atoms with Crippen LogP contribution in [0, 0.1) is 6.92 Å². The first-order valence-electron chi connectivity index (χ1n) is 6.88. The van der Waals surface area contributed by atoms with Gasteiger partial charge in [-0.05, 0) is 18.9 Å². The van der Waals surface area contributed by atoms with Gasteiger partial charge in [0.15, 0.2) is 0 Å². The fourth-order valence-corrected chi connectivity index (χ4v) is 3.32. The normalized spacial score (nSPS) is 10.3. The summed E-state index contributed by atoms with van der Waals surface area (Å²) in [6.07, 6.45) is -0.605. The second-order valence-corrected chi connectivity index (χ2v) is 6.11. The summed E-state index contributed by atoms with van der Waals surface area (Å²) in [6.45, 7) is 1.83. The summed E-state index contributed by atoms with van der Waals surface area (Å²) in [5.74, 6) is -2.46. The van der Waals surface area contributed by atoms with Crippen LogP contribution in [0.15, 0.2) is 30.3 Å². The van der Waals surface area contributed by atoms with Gasteiger partial charge in [-0.1, -0.05) is 30.3 Å². The SMILES string of the molecule is Cc1sc(NC(=O)CCC(=O)[O-])c(C(N)=O)c1-c1ccccc1. The molecular weight excluding hydrogens is 316 g/mol. The minimum Gasteiger partial charge on any atom is -0.550 e. The minimum atomic E-state index is -1.30. The molecule has 0 aliphatic carbocycles. The highest BCUT2D eigenvalue weighted by molar-refractivity contribution is 7.17. The van der Waals surface area contributed by atoms with E-state index in [0.717, 1.165) is 10.4 Å². The summed E-state index contributed by atoms with van der Waals surface area (Å²) in [5.41, 5.74) is 7.22. The van der Waals surface area contributed by atoms with Crippen molar-refractivity contribution in [1.29, 1.82) is 0 Å². The molecule has 1 aromatic carbocycles. The zero-order chi connectivity index (χ0) is 17.0. The van der Waals surface area contributed by atoms with Gasteiger partial charge >= 0.3 is 0 Å². The Labute approximate surface area is 136 Å². The zero-order valence-electron chi connectivity index (χ0n) is 12.4. The van der Waals surface area contributed by atoms with E-state index in [2.05, 4.69) is 5.32 Å². The highest BCUT2D eigenvalue weighted by atomic mass is 32.1. The third-order valence-corrected chi connectivity index (χ3v) is 4.22. The van der Waals surface area contributed by atoms with Gasteiger partial charge in [0.1, 0.15) is 5.00 Å². The molecule has 1 heterocycles. The van der Waals surface area contributed by atoms with Crippen molar-refractivity contribution < 1.29 is 19.5 Å². The molecule has 2 aromatic rings. The maximum absolute atomic E-state index is 11.9. The second kappa shape index (κ2) is 7.06. The second-order valence-electron chi connectivity index (χ2n) is 4.89. The van der Waals surface area contributed by atoms with Crippen molar-refractivity contribution in [2.45, 2.75) is 19.8 Å². The molecule has 2 rings (SSSR count). The fraction of sp³-hybridized carbons (Fsp3) is 0.188. The van der Waals surface area contributed by atoms with Crippen LogP contribution in [-0.4, -0.2) is 17.8 Å². The van der Waals surface area contributed by atoms with Gasteiger partial charge in [-0.2, -0.15) is 0 Å². The van der Waals surface area contributed by atoms with Crippen LogP contribution in [0.1, 0.15) is 28.1 Å². The van der Waals surface area contributed by atoms with Crippen LogP contribution in [0.4, 0.5) is 5.00 Å². The van der Waals surface area contributed by atoms with Crippen molar-refractivity contribution in [2.75, 3.05) is 5.32 Å². The Kier molecular flexibility index (Phi) is 5.13. The van der Waals surface area contributed by atoms with Crippen LogP contribution in [0.5, 0.6) is 0 Å². The third kappa shape index (κ3) is 3.95. The molecule has 0 aliphatic heterocycles. The molecule has 0 aliphatic rings. The maximum Gasteiger partial charge on any atom is 0.252 e. The highest BCUT2D eigenvalue weighted by Gasteiger charge is 2.22. The number of carbonyl (C=O) groups is 3. The van der Waals surface area contributed by atoms with Crippen LogP contribution in [-0.2, 0) is 9.59 Å². The minimum absolute atomic E-state index is 0.224. The molecule has 0 bridgehead atoms. The molecule has 2 amide bonds. The van der Waals surface area contributed by atoms with E-state index in [0.29, 0.717) is 10.6 Å². The number of anilines is 1. The number of hydrogen-bond donors (Lipinski definition) is 2. The van der Waals surface area contributed by atoms with Crippen LogP contribution in [0.3, 0.4) is 0 Å². The first-order valence-corrected chi connectivity index (χ1v) is 7.70. The van der Waals surface area contributed by atoms with Gasteiger partial charge in [-0.25, -0.2) is 0 Å². The molecule has 0 spiro atoms. The molecular formula is C16H15N2O4S-. The number of primary amides is 1. The van der Waals surface area contributed by atoms with Crippen molar-refractivity contribution in [3.05, 3.63) is 40.8 Å². The number of nitrogens with two attached hydrogens (primary N) is 1. The Morgan fingerprint density at radius 3 is 2.39 bits per heavy atom. The summed E-state index contributed by atoms with van der Waals surface area (Å²) in [7, 11) is 0. The number of thiophene rings is 1. The lowest BCUT2D eigenvalue weighted by atomic mass is 10.0. The molecule has 0 atom stereocenters. The maximum atomic E-state index is 11.9. The van der Waals surface area contributed by atoms with Crippen molar-refractivity contribution in [3.63, 3.8) is 0 Å². The summed E-state index contributed by atoms with van der Waals surface area (Å²) in [4.78, 5) is 34.9. The largest absolute Gasteiger partial charge is 0.550 e. The number of amides is 2. The standard InChI is InChI=1S/C16H16N2O4S/c1-9-13(10-5-3-2-4-6-10)14(15(17)22)16(23-9)18-11(19)7-8-12(20)21/h2-6H,7-8H2,1H3,(H2,17,22)(H,18,19)(H,20,21)/p-1. The Hall–Kier alpha value is -2.67. The lowest BCUT2D eigenvalue weighted by Gasteiger charge is -2.07. The van der Waals surface area contributed by atoms with E-state index < -0.39 is 17.8 Å². The van der Waals surface area contributed by atoms with Crippen molar-refractivity contribution >= 4 is 34.1 Å². The van der Waals surface area contributed by atoms with Crippen LogP contribution in [0.25, 0.3) is 11.1 Å². The van der Waals surface area contributed by atoms with Crippen molar-refractivity contribution in [1.82, 2.24) is 0 Å². The Morgan fingerprint density at radius 2 is 1.83 bits per heavy atom. The number of aliphatic carboxylic acids is 1. The first kappa shape index (κ1) is 16.7. The lowest BCUT2D eigenvalue weighted by molar-refractivity contribution is -0.305. The fourth-order valence-electron chi connectivity index (χ4n) is 2.22. The molecule has 3 N–H and O–H groups in total. The number of benzene rings is 1. The number of hydrogen-bond acceptors (Lipinski definition) is 5. The van der Waals surface area contributed by atoms with Gasteiger partial charge in [0.25, 0.3) is 5.91 Å². The quantitative estimate of drug-likeness (QED) is 0.830. The molecule has 0 saturated carbocycles. The van der Waals surface area contributed by atoms with E-state index in [-0.39, 0.29) is 18.4 Å². The Morgan fingerprint density at radius 1 is 1.17 bits per heavy atom. The zero-order valence-corrected chi connectivity index (χ0v) is 13.2. The van der Waals surface area contributed by atoms with Gasteiger partial charge in [-0.3, -0.25) is 9.59 Å². The predicted molar refractivity (Wildman–Crippen MR) is 85.9 cm³/mol. The van der Waals surface area contributed by atoms with Crippen LogP contribution < -0.4 is 16.2 Å². The van der Waals surface area contributed by atoms with Crippen molar-refractivity contribution in [2.24, 2.45) is 5.73 Å². The number of carboxylic acids is 1. The molecule has 6 nitrogen and oxygen atoms in total. The molecule has 120 valence electrons. The van der Waals surface area contributed by atoms with Crippen molar-refractivity contribution in [3.8, 4) is 11.1 Å². The first-order chi connectivity index (χ1) is 10.9. The number of carboxylic acid groups (broad SMARTS) is 1. The van der Waals surface area contributed by atoms with E-state index in [1.807, 2.05) is 37.3 Å². The van der Waals surface area contributed by atoms with Crippen LogP contribution >= 0.6 is 11.3 Å². The van der Waals surface area contributed by atoms with Gasteiger partial charge in [0.2, 0.25) is 5.91 Å². The molecule has 0 saturated heterocycles. The number of aryl methyl sites for hydroxylation is 1. The van der Waals surface area contributed by atoms with E-state index in [9.17, 15) is 19.5 Å². The summed E-state index contributed by atoms with van der Waals surface area (Å²) < 4.78 is 0. The summed E-state index contributed by atoms with van der Waals surface area (Å²) in [5, 5.41) is 13.3. The van der Waals surface area contributed by atoms with Gasteiger partial charge in [0.05, 0.1) is 5.56 Å². The monoisotopic (exact) mass is 331 g/mol. The molecule has 1 aromatic heterocycles.